The molecule has 0 saturated carbocycles. The molecule has 1 aromatic carbocycles. The van der Waals surface area contributed by atoms with E-state index in [1.807, 2.05) is 0 Å². The number of aromatic nitrogens is 2. The Balaban J connectivity index is 0.000000280. The second kappa shape index (κ2) is 6.42. The lowest BCUT2D eigenvalue weighted by Crippen LogP contribution is -2.31. The zero-order valence-electron chi connectivity index (χ0n) is 10.0. The van der Waals surface area contributed by atoms with Crippen molar-refractivity contribution in [1.29, 1.82) is 0 Å². The van der Waals surface area contributed by atoms with E-state index in [0.717, 1.165) is 6.54 Å². The molecule has 1 heterocycles. The minimum atomic E-state index is -6.00. The highest BCUT2D eigenvalue weighted by Crippen LogP contribution is 2.06. The van der Waals surface area contributed by atoms with Gasteiger partial charge in [-0.3, -0.25) is 0 Å². The summed E-state index contributed by atoms with van der Waals surface area (Å²) in [6.45, 7) is 3.33. The fourth-order valence-electron chi connectivity index (χ4n) is 1.58. The Morgan fingerprint density at radius 1 is 1.17 bits per heavy atom. The Labute approximate surface area is 103 Å². The van der Waals surface area contributed by atoms with Gasteiger partial charge in [-0.1, -0.05) is 25.5 Å². The van der Waals surface area contributed by atoms with Crippen LogP contribution >= 0.6 is 0 Å². The fourth-order valence-corrected chi connectivity index (χ4v) is 1.58. The standard InChI is InChI=1S/C11H14N2.BF4/c1-2-3-8-13-9-12-10-6-4-5-7-11(10)13;2-1(3,4)5/h4-7,9H,2-3,8H2,1H3;/q;-1/p+1. The van der Waals surface area contributed by atoms with Gasteiger partial charge in [-0.15, -0.1) is 0 Å². The van der Waals surface area contributed by atoms with Crippen LogP contribution in [0.25, 0.3) is 11.0 Å². The van der Waals surface area contributed by atoms with Crippen molar-refractivity contribution in [3.8, 4) is 0 Å². The summed E-state index contributed by atoms with van der Waals surface area (Å²) in [6.07, 6.45) is 4.54. The van der Waals surface area contributed by atoms with Gasteiger partial charge >= 0.3 is 7.25 Å². The molecule has 2 rings (SSSR count). The van der Waals surface area contributed by atoms with Crippen molar-refractivity contribution in [2.24, 2.45) is 0 Å². The third-order valence-corrected chi connectivity index (χ3v) is 2.34. The number of aryl methyl sites for hydroxylation is 1. The predicted molar refractivity (Wildman–Crippen MR) is 63.6 cm³/mol. The number of halogens is 4. The average molecular weight is 262 g/mol. The van der Waals surface area contributed by atoms with Gasteiger partial charge in [-0.05, 0) is 18.6 Å². The molecule has 18 heavy (non-hydrogen) atoms. The monoisotopic (exact) mass is 262 g/mol. The van der Waals surface area contributed by atoms with Crippen LogP contribution in [0, 0.1) is 0 Å². The van der Waals surface area contributed by atoms with E-state index in [0.29, 0.717) is 0 Å². The highest BCUT2D eigenvalue weighted by atomic mass is 19.5. The Hall–Kier alpha value is -1.53. The van der Waals surface area contributed by atoms with E-state index in [2.05, 4.69) is 47.1 Å². The average Bonchev–Trinajstić information content (AvgIpc) is 2.67. The maximum absolute atomic E-state index is 9.75. The lowest BCUT2D eigenvalue weighted by molar-refractivity contribution is -0.671. The Morgan fingerprint density at radius 2 is 1.78 bits per heavy atom. The molecule has 1 N–H and O–H groups in total. The van der Waals surface area contributed by atoms with E-state index >= 15 is 0 Å². The van der Waals surface area contributed by atoms with Crippen molar-refractivity contribution in [1.82, 2.24) is 4.98 Å². The molecule has 100 valence electrons. The van der Waals surface area contributed by atoms with Gasteiger partial charge in [-0.25, -0.2) is 9.55 Å². The van der Waals surface area contributed by atoms with E-state index in [9.17, 15) is 17.3 Å². The minimum absolute atomic E-state index is 1.11. The van der Waals surface area contributed by atoms with Crippen LogP contribution < -0.4 is 4.57 Å². The van der Waals surface area contributed by atoms with Crippen LogP contribution in [-0.4, -0.2) is 12.2 Å². The van der Waals surface area contributed by atoms with E-state index in [1.54, 1.807) is 0 Å². The molecule has 0 spiro atoms. The molecule has 0 atom stereocenters. The maximum Gasteiger partial charge on any atom is 0.673 e. The number of rotatable bonds is 3. The second-order valence-corrected chi connectivity index (χ2v) is 3.83. The smallest absolute Gasteiger partial charge is 0.418 e. The number of unbranched alkanes of at least 4 members (excludes halogenated alkanes) is 1. The van der Waals surface area contributed by atoms with Gasteiger partial charge in [0.1, 0.15) is 0 Å². The summed E-state index contributed by atoms with van der Waals surface area (Å²) in [6, 6.07) is 8.40. The van der Waals surface area contributed by atoms with Gasteiger partial charge < -0.3 is 17.3 Å². The number of H-pyrrole nitrogens is 1. The minimum Gasteiger partial charge on any atom is -0.418 e. The summed E-state index contributed by atoms with van der Waals surface area (Å²) in [5.74, 6) is 0. The third-order valence-electron chi connectivity index (χ3n) is 2.34. The molecule has 0 bridgehead atoms. The largest absolute Gasteiger partial charge is 0.673 e. The quantitative estimate of drug-likeness (QED) is 0.495. The Bertz CT molecular complexity index is 475. The number of aromatic amines is 1. The van der Waals surface area contributed by atoms with Crippen LogP contribution in [-0.2, 0) is 6.54 Å². The number of nitrogens with one attached hydrogen (secondary N) is 1. The van der Waals surface area contributed by atoms with Gasteiger partial charge in [0.2, 0.25) is 6.33 Å². The topological polar surface area (TPSA) is 19.7 Å². The van der Waals surface area contributed by atoms with Crippen molar-refractivity contribution in [3.63, 3.8) is 0 Å². The molecule has 0 aliphatic rings. The SMILES string of the molecule is CCCC[n+]1c[nH]c2ccccc21.F[B-](F)(F)F. The highest BCUT2D eigenvalue weighted by Gasteiger charge is 2.20. The van der Waals surface area contributed by atoms with Crippen LogP contribution in [0.5, 0.6) is 0 Å². The molecule has 0 fully saturated rings. The molecule has 0 unspecified atom stereocenters. The number of nitrogens with zero attached hydrogens (tertiary/aromatic N) is 1. The molecule has 7 heteroatoms. The normalized spacial score (nSPS) is 11.2. The van der Waals surface area contributed by atoms with E-state index in [1.165, 1.54) is 23.9 Å². The van der Waals surface area contributed by atoms with Crippen LogP contribution in [0.15, 0.2) is 30.6 Å². The molecular formula is C11H15BF4N2. The maximum atomic E-state index is 9.75. The molecule has 0 radical (unpaired) electrons. The summed E-state index contributed by atoms with van der Waals surface area (Å²) >= 11 is 0. The summed E-state index contributed by atoms with van der Waals surface area (Å²) in [5, 5.41) is 0. The van der Waals surface area contributed by atoms with Crippen molar-refractivity contribution >= 4 is 18.3 Å². The summed E-state index contributed by atoms with van der Waals surface area (Å²) < 4.78 is 41.3. The molecular weight excluding hydrogens is 247 g/mol. The molecule has 1 aromatic heterocycles. The Morgan fingerprint density at radius 3 is 2.39 bits per heavy atom. The van der Waals surface area contributed by atoms with Crippen molar-refractivity contribution in [2.45, 2.75) is 26.3 Å². The fraction of sp³-hybridized carbons (Fsp3) is 0.364. The highest BCUT2D eigenvalue weighted by molar-refractivity contribution is 6.50. The first-order valence-electron chi connectivity index (χ1n) is 5.74. The summed E-state index contributed by atoms with van der Waals surface area (Å²) in [5.41, 5.74) is 2.52. The van der Waals surface area contributed by atoms with Crippen molar-refractivity contribution in [2.75, 3.05) is 0 Å². The molecule has 0 aliphatic carbocycles. The number of benzene rings is 1. The molecule has 0 saturated heterocycles. The molecule has 0 amide bonds. The number of para-hydroxylation sites is 2. The first-order chi connectivity index (χ1) is 8.42. The number of imidazole rings is 1. The zero-order valence-corrected chi connectivity index (χ0v) is 10.0. The van der Waals surface area contributed by atoms with Gasteiger partial charge in [0, 0.05) is 0 Å². The first kappa shape index (κ1) is 14.5. The van der Waals surface area contributed by atoms with Gasteiger partial charge in [-0.2, -0.15) is 0 Å². The molecule has 0 aliphatic heterocycles. The predicted octanol–water partition coefficient (Wildman–Crippen LogP) is 3.56. The van der Waals surface area contributed by atoms with E-state index in [-0.39, 0.29) is 0 Å². The first-order valence-corrected chi connectivity index (χ1v) is 5.74. The number of fused-ring (bicyclic) bond motifs is 1. The zero-order chi connectivity index (χ0) is 13.6. The van der Waals surface area contributed by atoms with Gasteiger partial charge in [0.15, 0.2) is 11.0 Å². The number of hydrogen-bond donors (Lipinski definition) is 1. The molecule has 2 nitrogen and oxygen atoms in total. The summed E-state index contributed by atoms with van der Waals surface area (Å²) in [4.78, 5) is 3.26. The van der Waals surface area contributed by atoms with E-state index < -0.39 is 7.25 Å². The Kier molecular flexibility index (Phi) is 5.18. The van der Waals surface area contributed by atoms with Crippen LogP contribution in [0.4, 0.5) is 17.3 Å². The third kappa shape index (κ3) is 5.20. The van der Waals surface area contributed by atoms with Crippen LogP contribution in [0.1, 0.15) is 19.8 Å². The van der Waals surface area contributed by atoms with E-state index in [4.69, 9.17) is 0 Å². The van der Waals surface area contributed by atoms with Crippen LogP contribution in [0.3, 0.4) is 0 Å². The van der Waals surface area contributed by atoms with Gasteiger partial charge in [0.05, 0.1) is 6.54 Å². The lowest BCUT2D eigenvalue weighted by Gasteiger charge is -1.94. The van der Waals surface area contributed by atoms with Crippen LogP contribution in [0.2, 0.25) is 0 Å². The van der Waals surface area contributed by atoms with Crippen molar-refractivity contribution in [3.05, 3.63) is 30.6 Å². The van der Waals surface area contributed by atoms with Gasteiger partial charge in [0.25, 0.3) is 0 Å². The number of hydrogen-bond acceptors (Lipinski definition) is 0. The second-order valence-electron chi connectivity index (χ2n) is 3.83. The summed E-state index contributed by atoms with van der Waals surface area (Å²) in [7, 11) is -6.00. The van der Waals surface area contributed by atoms with Crippen molar-refractivity contribution < 1.29 is 21.8 Å². The molecule has 2 aromatic rings. The lowest BCUT2D eigenvalue weighted by atomic mass is 10.3.